The van der Waals surface area contributed by atoms with E-state index in [1.54, 1.807) is 18.2 Å². The van der Waals surface area contributed by atoms with Crippen molar-refractivity contribution in [3.63, 3.8) is 0 Å². The van der Waals surface area contributed by atoms with E-state index in [4.69, 9.17) is 34.8 Å². The minimum Gasteiger partial charge on any atom is -0.325 e. The number of anilines is 1. The zero-order chi connectivity index (χ0) is 16.1. The van der Waals surface area contributed by atoms with Crippen molar-refractivity contribution in [3.05, 3.63) is 62.6 Å². The van der Waals surface area contributed by atoms with Crippen LogP contribution in [0.2, 0.25) is 15.1 Å². The van der Waals surface area contributed by atoms with Gasteiger partial charge in [0.1, 0.15) is 0 Å². The summed E-state index contributed by atoms with van der Waals surface area (Å²) in [4.78, 5) is 11.9. The summed E-state index contributed by atoms with van der Waals surface area (Å²) in [6.45, 7) is 1.91. The molecule has 0 radical (unpaired) electrons. The van der Waals surface area contributed by atoms with Crippen molar-refractivity contribution in [2.45, 2.75) is 12.7 Å². The van der Waals surface area contributed by atoms with Crippen LogP contribution in [0.25, 0.3) is 0 Å². The normalized spacial score (nSPS) is 10.5. The molecule has 2 nitrogen and oxygen atoms in total. The van der Waals surface area contributed by atoms with Gasteiger partial charge in [-0.25, -0.2) is 0 Å². The molecule has 0 atom stereocenters. The van der Waals surface area contributed by atoms with E-state index < -0.39 is 0 Å². The molecule has 0 saturated carbocycles. The van der Waals surface area contributed by atoms with Crippen LogP contribution >= 0.6 is 46.6 Å². The molecule has 2 rings (SSSR count). The van der Waals surface area contributed by atoms with Crippen LogP contribution in [0.5, 0.6) is 0 Å². The molecule has 1 N–H and O–H groups in total. The van der Waals surface area contributed by atoms with E-state index in [1.165, 1.54) is 11.8 Å². The molecule has 2 aromatic rings. The van der Waals surface area contributed by atoms with Gasteiger partial charge in [0.05, 0.1) is 15.8 Å². The molecule has 116 valence electrons. The average molecular weight is 375 g/mol. The molecule has 22 heavy (non-hydrogen) atoms. The lowest BCUT2D eigenvalue weighted by Gasteiger charge is -2.09. The quantitative estimate of drug-likeness (QED) is 0.713. The number of hydrogen-bond donors (Lipinski definition) is 1. The van der Waals surface area contributed by atoms with Gasteiger partial charge in [-0.15, -0.1) is 11.8 Å². The molecule has 6 heteroatoms. The Morgan fingerprint density at radius 2 is 1.86 bits per heavy atom. The van der Waals surface area contributed by atoms with E-state index >= 15 is 0 Å². The van der Waals surface area contributed by atoms with E-state index in [1.807, 2.05) is 25.1 Å². The predicted octanol–water partition coefficient (Wildman–Crippen LogP) is 5.83. The van der Waals surface area contributed by atoms with E-state index in [0.717, 1.165) is 16.8 Å². The second-order valence-electron chi connectivity index (χ2n) is 4.75. The summed E-state index contributed by atoms with van der Waals surface area (Å²) in [7, 11) is 0. The number of carbonyl (C=O) groups is 1. The van der Waals surface area contributed by atoms with Crippen LogP contribution in [-0.4, -0.2) is 11.7 Å². The Kier molecular flexibility index (Phi) is 6.45. The fourth-order valence-corrected chi connectivity index (χ4v) is 3.17. The summed E-state index contributed by atoms with van der Waals surface area (Å²) in [6, 6.07) is 10.9. The molecule has 0 spiro atoms. The number of aryl methyl sites for hydroxylation is 1. The van der Waals surface area contributed by atoms with Crippen molar-refractivity contribution >= 4 is 58.2 Å². The van der Waals surface area contributed by atoms with Gasteiger partial charge in [0, 0.05) is 16.5 Å². The minimum atomic E-state index is -0.0458. The maximum absolute atomic E-state index is 11.9. The van der Waals surface area contributed by atoms with Gasteiger partial charge in [0.2, 0.25) is 5.91 Å². The van der Waals surface area contributed by atoms with Crippen molar-refractivity contribution in [2.75, 3.05) is 11.1 Å². The van der Waals surface area contributed by atoms with Gasteiger partial charge < -0.3 is 5.32 Å². The first-order chi connectivity index (χ1) is 10.5. The number of hydrogen-bond acceptors (Lipinski definition) is 2. The van der Waals surface area contributed by atoms with Crippen molar-refractivity contribution in [1.82, 2.24) is 0 Å². The molecule has 2 aromatic carbocycles. The van der Waals surface area contributed by atoms with Gasteiger partial charge in [0.15, 0.2) is 0 Å². The number of halogens is 3. The Bertz CT molecular complexity index is 691. The summed E-state index contributed by atoms with van der Waals surface area (Å²) >= 11 is 19.2. The number of rotatable bonds is 5. The van der Waals surface area contributed by atoms with E-state index in [2.05, 4.69) is 5.32 Å². The molecule has 0 aliphatic heterocycles. The molecule has 0 bridgehead atoms. The van der Waals surface area contributed by atoms with Crippen LogP contribution < -0.4 is 5.32 Å². The van der Waals surface area contributed by atoms with Gasteiger partial charge >= 0.3 is 0 Å². The molecule has 0 aliphatic carbocycles. The Morgan fingerprint density at radius 3 is 2.55 bits per heavy atom. The van der Waals surface area contributed by atoms with Crippen LogP contribution in [0.3, 0.4) is 0 Å². The highest BCUT2D eigenvalue weighted by molar-refractivity contribution is 7.99. The van der Waals surface area contributed by atoms with E-state index in [9.17, 15) is 4.79 Å². The average Bonchev–Trinajstić information content (AvgIpc) is 2.46. The number of carbonyl (C=O) groups excluding carboxylic acids is 1. The molecule has 0 fully saturated rings. The smallest absolute Gasteiger partial charge is 0.234 e. The molecular weight excluding hydrogens is 361 g/mol. The summed E-state index contributed by atoms with van der Waals surface area (Å²) < 4.78 is 0. The Hall–Kier alpha value is -0.870. The Balaban J connectivity index is 1.83. The van der Waals surface area contributed by atoms with Gasteiger partial charge in [-0.05, 0) is 48.4 Å². The highest BCUT2D eigenvalue weighted by atomic mass is 35.5. The predicted molar refractivity (Wildman–Crippen MR) is 97.4 cm³/mol. The molecule has 0 saturated heterocycles. The van der Waals surface area contributed by atoms with Crippen molar-refractivity contribution in [3.8, 4) is 0 Å². The Morgan fingerprint density at radius 1 is 1.09 bits per heavy atom. The molecule has 0 aromatic heterocycles. The monoisotopic (exact) mass is 373 g/mol. The SMILES string of the molecule is Cc1cc(Cl)ccc1NC(=O)CSCc1ccc(Cl)c(Cl)c1. The first-order valence-corrected chi connectivity index (χ1v) is 8.82. The topological polar surface area (TPSA) is 29.1 Å². The van der Waals surface area contributed by atoms with Crippen LogP contribution in [-0.2, 0) is 10.5 Å². The summed E-state index contributed by atoms with van der Waals surface area (Å²) in [5, 5.41) is 4.60. The van der Waals surface area contributed by atoms with Crippen molar-refractivity contribution in [2.24, 2.45) is 0 Å². The third-order valence-corrected chi connectivity index (χ3v) is 4.93. The van der Waals surface area contributed by atoms with E-state index in [-0.39, 0.29) is 5.91 Å². The van der Waals surface area contributed by atoms with Crippen molar-refractivity contribution < 1.29 is 4.79 Å². The lowest BCUT2D eigenvalue weighted by molar-refractivity contribution is -0.113. The molecule has 0 aliphatic rings. The van der Waals surface area contributed by atoms with Gasteiger partial charge in [0.25, 0.3) is 0 Å². The first kappa shape index (κ1) is 17.5. The Labute approximate surface area is 149 Å². The third-order valence-electron chi connectivity index (χ3n) is 2.95. The summed E-state index contributed by atoms with van der Waals surface area (Å²) in [5.41, 5.74) is 2.76. The minimum absolute atomic E-state index is 0.0458. The largest absolute Gasteiger partial charge is 0.325 e. The highest BCUT2D eigenvalue weighted by Crippen LogP contribution is 2.25. The van der Waals surface area contributed by atoms with Crippen molar-refractivity contribution in [1.29, 1.82) is 0 Å². The van der Waals surface area contributed by atoms with Crippen LogP contribution in [0.15, 0.2) is 36.4 Å². The van der Waals surface area contributed by atoms with E-state index in [0.29, 0.717) is 26.6 Å². The van der Waals surface area contributed by atoms with Gasteiger partial charge in [-0.3, -0.25) is 4.79 Å². The molecule has 0 unspecified atom stereocenters. The van der Waals surface area contributed by atoms with Gasteiger partial charge in [-0.1, -0.05) is 40.9 Å². The fraction of sp³-hybridized carbons (Fsp3) is 0.188. The maximum Gasteiger partial charge on any atom is 0.234 e. The zero-order valence-electron chi connectivity index (χ0n) is 11.8. The number of nitrogens with one attached hydrogen (secondary N) is 1. The lowest BCUT2D eigenvalue weighted by Crippen LogP contribution is -2.14. The van der Waals surface area contributed by atoms with Gasteiger partial charge in [-0.2, -0.15) is 0 Å². The highest BCUT2D eigenvalue weighted by Gasteiger charge is 2.06. The first-order valence-electron chi connectivity index (χ1n) is 6.53. The molecular formula is C16H14Cl3NOS. The van der Waals surface area contributed by atoms with Crippen LogP contribution in [0, 0.1) is 6.92 Å². The molecule has 0 heterocycles. The standard InChI is InChI=1S/C16H14Cl3NOS/c1-10-6-12(17)3-5-15(10)20-16(21)9-22-8-11-2-4-13(18)14(19)7-11/h2-7H,8-9H2,1H3,(H,20,21). The molecule has 1 amide bonds. The number of amides is 1. The van der Waals surface area contributed by atoms with Crippen LogP contribution in [0.1, 0.15) is 11.1 Å². The second-order valence-corrected chi connectivity index (χ2v) is 6.99. The number of thioether (sulfide) groups is 1. The lowest BCUT2D eigenvalue weighted by atomic mass is 10.2. The third kappa shape index (κ3) is 5.10. The summed E-state index contributed by atoms with van der Waals surface area (Å²) in [6.07, 6.45) is 0. The zero-order valence-corrected chi connectivity index (χ0v) is 14.9. The van der Waals surface area contributed by atoms with Crippen LogP contribution in [0.4, 0.5) is 5.69 Å². The summed E-state index contributed by atoms with van der Waals surface area (Å²) in [5.74, 6) is 1.02. The number of benzene rings is 2. The second kappa shape index (κ2) is 8.11. The maximum atomic E-state index is 11.9. The fourth-order valence-electron chi connectivity index (χ4n) is 1.84.